The van der Waals surface area contributed by atoms with Crippen LogP contribution in [0.15, 0.2) is 121 Å². The number of nitrogens with zero attached hydrogens (tertiary/aromatic N) is 2. The van der Waals surface area contributed by atoms with Crippen LogP contribution in [0, 0.1) is 13.8 Å². The Labute approximate surface area is 394 Å². The van der Waals surface area contributed by atoms with E-state index in [4.69, 9.17) is 9.47 Å². The number of unbranched alkanes of at least 4 members (excludes halogenated alkanes) is 1. The molecule has 2 N–H and O–H groups in total. The number of carbonyl (C=O) groups excluding carboxylic acids is 2. The predicted octanol–water partition coefficient (Wildman–Crippen LogP) is 13.6. The molecule has 0 spiro atoms. The normalized spacial score (nSPS) is 19.2. The number of alkyl halides is 1. The molecule has 0 saturated carbocycles. The molecule has 0 aliphatic carbocycles. The van der Waals surface area contributed by atoms with Gasteiger partial charge in [0.05, 0.1) is 6.61 Å². The van der Waals surface area contributed by atoms with Crippen LogP contribution in [0.4, 0.5) is 36.7 Å². The largest absolute Gasteiger partial charge is 0.449 e. The van der Waals surface area contributed by atoms with Crippen molar-refractivity contribution in [1.82, 2.24) is 0 Å². The summed E-state index contributed by atoms with van der Waals surface area (Å²) in [4.78, 5) is 31.1. The second-order valence-electron chi connectivity index (χ2n) is 18.8. The Kier molecular flexibility index (Phi) is 12.8. The van der Waals surface area contributed by atoms with Gasteiger partial charge in [-0.3, -0.25) is 10.6 Å². The maximum atomic E-state index is 13.1. The van der Waals surface area contributed by atoms with E-state index in [0.29, 0.717) is 12.3 Å². The van der Waals surface area contributed by atoms with Crippen LogP contribution in [0.2, 0.25) is 0 Å². The lowest BCUT2D eigenvalue weighted by molar-refractivity contribution is 0.152. The lowest BCUT2D eigenvalue weighted by Gasteiger charge is -2.44. The number of rotatable bonds is 12. The third-order valence-corrected chi connectivity index (χ3v) is 15.0. The average Bonchev–Trinajstić information content (AvgIpc) is 3.37. The summed E-state index contributed by atoms with van der Waals surface area (Å²) >= 11 is 0. The summed E-state index contributed by atoms with van der Waals surface area (Å²) in [6.07, 6.45) is 4.72. The lowest BCUT2D eigenvalue weighted by atomic mass is 9.74. The van der Waals surface area contributed by atoms with E-state index in [1.807, 2.05) is 0 Å². The van der Waals surface area contributed by atoms with Gasteiger partial charge in [-0.2, -0.15) is 0 Å². The zero-order chi connectivity index (χ0) is 46.0. The van der Waals surface area contributed by atoms with Crippen molar-refractivity contribution in [3.63, 3.8) is 0 Å². The number of amides is 2. The summed E-state index contributed by atoms with van der Waals surface area (Å²) in [5.41, 5.74) is 18.7. The summed E-state index contributed by atoms with van der Waals surface area (Å²) in [5, 5.41) is 6.15. The first-order chi connectivity index (χ1) is 32.8. The van der Waals surface area contributed by atoms with Crippen LogP contribution in [0.25, 0.3) is 11.1 Å². The van der Waals surface area contributed by atoms with Gasteiger partial charge in [0, 0.05) is 72.6 Å². The monoisotopic (exact) mass is 896 g/mol. The van der Waals surface area contributed by atoms with E-state index in [2.05, 4.69) is 163 Å². The number of hydrogen-bond donors (Lipinski definition) is 2. The van der Waals surface area contributed by atoms with Crippen LogP contribution < -0.4 is 20.4 Å². The Morgan fingerprint density at radius 2 is 0.940 bits per heavy atom. The fraction of sp³-hybridized carbons (Fsp3) is 0.345. The van der Waals surface area contributed by atoms with Crippen molar-refractivity contribution in [3.05, 3.63) is 177 Å². The highest BCUT2D eigenvalue weighted by Gasteiger charge is 2.39. The zero-order valence-corrected chi connectivity index (χ0v) is 39.0. The molecular formula is C58H61FN4O4. The molecule has 4 heterocycles. The van der Waals surface area contributed by atoms with E-state index in [1.165, 1.54) is 55.9 Å². The van der Waals surface area contributed by atoms with Crippen LogP contribution in [0.3, 0.4) is 0 Å². The highest BCUT2D eigenvalue weighted by atomic mass is 19.1. The highest BCUT2D eigenvalue weighted by molar-refractivity contribution is 5.90. The number of halogens is 1. The molecule has 6 aromatic carbocycles. The van der Waals surface area contributed by atoms with Gasteiger partial charge in [0.15, 0.2) is 0 Å². The second kappa shape index (κ2) is 19.3. The van der Waals surface area contributed by atoms with Crippen molar-refractivity contribution in [3.8, 4) is 11.1 Å². The van der Waals surface area contributed by atoms with Gasteiger partial charge in [-0.05, 0) is 125 Å². The van der Waals surface area contributed by atoms with Gasteiger partial charge >= 0.3 is 12.2 Å². The van der Waals surface area contributed by atoms with Crippen molar-refractivity contribution in [2.75, 3.05) is 66.5 Å². The van der Waals surface area contributed by atoms with Gasteiger partial charge in [-0.25, -0.2) is 14.0 Å². The van der Waals surface area contributed by atoms with Crippen LogP contribution in [0.5, 0.6) is 0 Å². The predicted molar refractivity (Wildman–Crippen MR) is 268 cm³/mol. The Bertz CT molecular complexity index is 2740. The maximum Gasteiger partial charge on any atom is 0.411 e. The van der Waals surface area contributed by atoms with Crippen LogP contribution >= 0.6 is 0 Å². The summed E-state index contributed by atoms with van der Waals surface area (Å²) in [6.45, 7) is 9.66. The minimum Gasteiger partial charge on any atom is -0.449 e. The van der Waals surface area contributed by atoms with E-state index < -0.39 is 18.9 Å². The average molecular weight is 897 g/mol. The Hall–Kier alpha value is -6.61. The molecule has 9 heteroatoms. The Balaban J connectivity index is 0.957. The summed E-state index contributed by atoms with van der Waals surface area (Å²) in [7, 11) is 0. The van der Waals surface area contributed by atoms with Crippen molar-refractivity contribution in [2.45, 2.75) is 83.0 Å². The van der Waals surface area contributed by atoms with Gasteiger partial charge < -0.3 is 19.3 Å². The number of hydrogen-bond acceptors (Lipinski definition) is 6. The number of anilines is 4. The molecule has 2 amide bonds. The number of benzene rings is 6. The minimum atomic E-state index is -0.724. The van der Waals surface area contributed by atoms with E-state index in [0.717, 1.165) is 92.6 Å². The quantitative estimate of drug-likeness (QED) is 0.119. The molecule has 0 aromatic heterocycles. The third kappa shape index (κ3) is 8.65. The molecule has 0 radical (unpaired) electrons. The van der Waals surface area contributed by atoms with Crippen molar-refractivity contribution >= 4 is 34.9 Å². The molecule has 4 atom stereocenters. The third-order valence-electron chi connectivity index (χ3n) is 15.0. The fourth-order valence-corrected chi connectivity index (χ4v) is 11.7. The molecule has 8 nitrogen and oxygen atoms in total. The molecule has 6 aromatic rings. The smallest absolute Gasteiger partial charge is 0.411 e. The van der Waals surface area contributed by atoms with E-state index in [-0.39, 0.29) is 30.3 Å². The SMILES string of the molecule is CCCCOC(=O)Nc1cc2c3c(c1C)[C@H](c1ccc(-c4ccc([C@@H]5CCN6CC[C@@H](c7ccccc7)c7c(C)c(NC(=O)OCCF)cc5c76)cc4)cc1)CCN3CC[C@H]2c1ccccc1. The molecular weight excluding hydrogens is 836 g/mol. The molecule has 344 valence electrons. The molecule has 0 saturated heterocycles. The fourth-order valence-electron chi connectivity index (χ4n) is 11.7. The highest BCUT2D eigenvalue weighted by Crippen LogP contribution is 2.53. The number of ether oxygens (including phenoxy) is 2. The Morgan fingerprint density at radius 3 is 1.37 bits per heavy atom. The molecule has 0 fully saturated rings. The first kappa shape index (κ1) is 44.2. The lowest BCUT2D eigenvalue weighted by Crippen LogP contribution is -2.38. The molecule has 4 aliphatic rings. The van der Waals surface area contributed by atoms with Crippen molar-refractivity contribution in [2.24, 2.45) is 0 Å². The number of carbonyl (C=O) groups is 2. The van der Waals surface area contributed by atoms with Crippen LogP contribution in [-0.4, -0.2) is 58.3 Å². The van der Waals surface area contributed by atoms with Gasteiger partial charge in [-0.1, -0.05) is 123 Å². The first-order valence-electron chi connectivity index (χ1n) is 24.4. The number of nitrogens with one attached hydrogen (secondary N) is 2. The summed E-state index contributed by atoms with van der Waals surface area (Å²) in [6, 6.07) is 44.0. The van der Waals surface area contributed by atoms with Gasteiger partial charge in [0.2, 0.25) is 0 Å². The standard InChI is InChI=1S/C58H61FN4O4/c1-4-5-33-66-57(64)60-51-35-49-45(41-12-8-6-9-13-41)24-29-62-32-27-48(54(38(51)3)55(49)62)44-22-18-40(19-23-44)39-16-20-43(21-17-39)46-25-30-63-31-26-47(42-14-10-7-11-15-42)53-37(2)52(36-50(46)56(53)63)61-58(65)67-34-28-59/h6-23,35-36,45-48H,4-5,24-34H2,1-3H3,(H,60,64)(H,61,65)/t45-,46-,47-,48-/m0/s1. The minimum absolute atomic E-state index is 0.129. The van der Waals surface area contributed by atoms with E-state index in [1.54, 1.807) is 0 Å². The van der Waals surface area contributed by atoms with Gasteiger partial charge in [0.25, 0.3) is 0 Å². The maximum absolute atomic E-state index is 13.1. The summed E-state index contributed by atoms with van der Waals surface area (Å²) < 4.78 is 23.7. The topological polar surface area (TPSA) is 83.1 Å². The molecule has 10 rings (SSSR count). The first-order valence-corrected chi connectivity index (χ1v) is 24.4. The van der Waals surface area contributed by atoms with E-state index in [9.17, 15) is 14.0 Å². The van der Waals surface area contributed by atoms with Crippen LogP contribution in [-0.2, 0) is 9.47 Å². The molecule has 67 heavy (non-hydrogen) atoms. The second-order valence-corrected chi connectivity index (χ2v) is 18.8. The van der Waals surface area contributed by atoms with Crippen LogP contribution in [0.1, 0.15) is 125 Å². The van der Waals surface area contributed by atoms with E-state index >= 15 is 0 Å². The molecule has 4 aliphatic heterocycles. The van der Waals surface area contributed by atoms with Gasteiger partial charge in [-0.15, -0.1) is 0 Å². The molecule has 0 unspecified atom stereocenters. The Morgan fingerprint density at radius 1 is 0.552 bits per heavy atom. The summed E-state index contributed by atoms with van der Waals surface area (Å²) in [5.74, 6) is 0.723. The zero-order valence-electron chi connectivity index (χ0n) is 39.0. The van der Waals surface area contributed by atoms with Gasteiger partial charge in [0.1, 0.15) is 13.3 Å². The van der Waals surface area contributed by atoms with Crippen molar-refractivity contribution in [1.29, 1.82) is 0 Å². The van der Waals surface area contributed by atoms with Crippen molar-refractivity contribution < 1.29 is 23.5 Å². The molecule has 0 bridgehead atoms.